The van der Waals surface area contributed by atoms with E-state index in [4.69, 9.17) is 4.74 Å². The van der Waals surface area contributed by atoms with E-state index in [1.54, 1.807) is 18.2 Å². The minimum Gasteiger partial charge on any atom is -0.425 e. The predicted molar refractivity (Wildman–Crippen MR) is 96.9 cm³/mol. The number of rotatable bonds is 3. The number of benzene rings is 3. The number of hydrogen-bond acceptors (Lipinski definition) is 3. The van der Waals surface area contributed by atoms with E-state index in [0.717, 1.165) is 5.56 Å². The molecule has 3 nitrogen and oxygen atoms in total. The van der Waals surface area contributed by atoms with Gasteiger partial charge in [-0.05, 0) is 36.8 Å². The lowest BCUT2D eigenvalue weighted by Gasteiger charge is -2.26. The molecule has 25 heavy (non-hydrogen) atoms. The van der Waals surface area contributed by atoms with Gasteiger partial charge in [-0.3, -0.25) is 4.21 Å². The first-order chi connectivity index (χ1) is 12.1. The van der Waals surface area contributed by atoms with Crippen molar-refractivity contribution in [3.05, 3.63) is 95.6 Å². The highest BCUT2D eigenvalue weighted by atomic mass is 32.2. The van der Waals surface area contributed by atoms with E-state index in [1.807, 2.05) is 67.6 Å². The fraction of sp³-hybridized carbons (Fsp3) is 0.0952. The number of hydrogen-bond donors (Lipinski definition) is 0. The molecule has 1 unspecified atom stereocenters. The highest BCUT2D eigenvalue weighted by Crippen LogP contribution is 2.48. The molecule has 3 aromatic rings. The second kappa shape index (κ2) is 5.97. The van der Waals surface area contributed by atoms with Crippen molar-refractivity contribution in [1.29, 1.82) is 0 Å². The van der Waals surface area contributed by atoms with Gasteiger partial charge in [0.05, 0.1) is 10.8 Å². The zero-order chi connectivity index (χ0) is 17.4. The van der Waals surface area contributed by atoms with Crippen LogP contribution in [0.25, 0.3) is 0 Å². The lowest BCUT2D eigenvalue weighted by Crippen LogP contribution is -2.39. The van der Waals surface area contributed by atoms with Crippen LogP contribution in [-0.2, 0) is 20.3 Å². The summed E-state index contributed by atoms with van der Waals surface area (Å²) in [6.07, 6.45) is 0. The van der Waals surface area contributed by atoms with Crippen molar-refractivity contribution in [2.45, 2.75) is 16.6 Å². The molecule has 1 heterocycles. The molecular formula is C21H16O3S. The van der Waals surface area contributed by atoms with E-state index >= 15 is 0 Å². The van der Waals surface area contributed by atoms with Crippen molar-refractivity contribution in [3.63, 3.8) is 0 Å². The molecule has 4 rings (SSSR count). The van der Waals surface area contributed by atoms with Crippen molar-refractivity contribution in [1.82, 2.24) is 0 Å². The van der Waals surface area contributed by atoms with Crippen molar-refractivity contribution in [2.75, 3.05) is 0 Å². The summed E-state index contributed by atoms with van der Waals surface area (Å²) in [4.78, 5) is 13.7. The molecule has 0 saturated carbocycles. The van der Waals surface area contributed by atoms with E-state index in [9.17, 15) is 9.00 Å². The number of carbonyl (C=O) groups is 1. The van der Waals surface area contributed by atoms with E-state index < -0.39 is 21.5 Å². The molecule has 0 radical (unpaired) electrons. The number of ether oxygens (including phenoxy) is 1. The molecule has 0 fully saturated rings. The summed E-state index contributed by atoms with van der Waals surface area (Å²) in [5.41, 5.74) is 2.32. The maximum Gasteiger partial charge on any atom is 0.340 e. The second-order valence-corrected chi connectivity index (χ2v) is 7.64. The van der Waals surface area contributed by atoms with E-state index in [2.05, 4.69) is 0 Å². The molecular weight excluding hydrogens is 332 g/mol. The SMILES string of the molecule is Cc1ccc2c(c1)[C@](c1ccccc1)(S(=O)c1ccccc1)C(=O)O2. The van der Waals surface area contributed by atoms with Gasteiger partial charge in [-0.15, -0.1) is 0 Å². The second-order valence-electron chi connectivity index (χ2n) is 6.02. The molecule has 0 aromatic heterocycles. The number of carbonyl (C=O) groups excluding carboxylic acids is 1. The third-order valence-corrected chi connectivity index (χ3v) is 6.30. The molecule has 1 aliphatic heterocycles. The van der Waals surface area contributed by atoms with Crippen molar-refractivity contribution >= 4 is 16.8 Å². The number of fused-ring (bicyclic) bond motifs is 1. The normalized spacial score (nSPS) is 20.0. The predicted octanol–water partition coefficient (Wildman–Crippen LogP) is 3.97. The smallest absolute Gasteiger partial charge is 0.340 e. The Balaban J connectivity index is 2.04. The van der Waals surface area contributed by atoms with Gasteiger partial charge in [0.2, 0.25) is 4.75 Å². The first-order valence-electron chi connectivity index (χ1n) is 8.00. The minimum atomic E-state index is -1.64. The molecule has 0 N–H and O–H groups in total. The third kappa shape index (κ3) is 2.33. The van der Waals surface area contributed by atoms with Crippen LogP contribution in [0.2, 0.25) is 0 Å². The summed E-state index contributed by atoms with van der Waals surface area (Å²) < 4.78 is 17.8. The van der Waals surface area contributed by atoms with Crippen molar-refractivity contribution in [2.24, 2.45) is 0 Å². The summed E-state index contributed by atoms with van der Waals surface area (Å²) in [6.45, 7) is 1.95. The Morgan fingerprint density at radius 2 is 1.52 bits per heavy atom. The van der Waals surface area contributed by atoms with Crippen LogP contribution in [0, 0.1) is 6.92 Å². The van der Waals surface area contributed by atoms with Crippen LogP contribution < -0.4 is 4.74 Å². The Morgan fingerprint density at radius 1 is 0.880 bits per heavy atom. The topological polar surface area (TPSA) is 43.4 Å². The third-order valence-electron chi connectivity index (χ3n) is 4.42. The van der Waals surface area contributed by atoms with Crippen molar-refractivity contribution in [3.8, 4) is 5.75 Å². The Kier molecular flexibility index (Phi) is 3.77. The molecule has 0 amide bonds. The molecule has 0 saturated heterocycles. The lowest BCUT2D eigenvalue weighted by atomic mass is 9.90. The molecule has 0 spiro atoms. The van der Waals surface area contributed by atoms with E-state index in [-0.39, 0.29) is 0 Å². The van der Waals surface area contributed by atoms with Gasteiger partial charge in [0, 0.05) is 10.5 Å². The molecule has 0 bridgehead atoms. The fourth-order valence-corrected chi connectivity index (χ4v) is 4.90. The van der Waals surface area contributed by atoms with Gasteiger partial charge in [-0.1, -0.05) is 60.2 Å². The highest BCUT2D eigenvalue weighted by Gasteiger charge is 2.56. The summed E-state index contributed by atoms with van der Waals surface area (Å²) in [6, 6.07) is 23.9. The molecule has 0 aliphatic carbocycles. The Morgan fingerprint density at radius 3 is 2.20 bits per heavy atom. The maximum atomic E-state index is 13.7. The Labute approximate surface area is 148 Å². The summed E-state index contributed by atoms with van der Waals surface area (Å²) >= 11 is 0. The Bertz CT molecular complexity index is 967. The molecule has 1 aliphatic rings. The van der Waals surface area contributed by atoms with Crippen LogP contribution in [0.15, 0.2) is 83.8 Å². The van der Waals surface area contributed by atoms with Crippen LogP contribution >= 0.6 is 0 Å². The van der Waals surface area contributed by atoms with Gasteiger partial charge < -0.3 is 4.74 Å². The minimum absolute atomic E-state index is 0.476. The van der Waals surface area contributed by atoms with Gasteiger partial charge in [0.15, 0.2) is 0 Å². The van der Waals surface area contributed by atoms with Gasteiger partial charge in [-0.25, -0.2) is 4.79 Å². The maximum absolute atomic E-state index is 13.7. The quantitative estimate of drug-likeness (QED) is 0.531. The molecule has 4 heteroatoms. The molecule has 2 atom stereocenters. The van der Waals surface area contributed by atoms with Gasteiger partial charge in [0.1, 0.15) is 5.75 Å². The zero-order valence-electron chi connectivity index (χ0n) is 13.6. The summed E-state index contributed by atoms with van der Waals surface area (Å²) in [5, 5.41) is 0. The van der Waals surface area contributed by atoms with Crippen LogP contribution in [-0.4, -0.2) is 10.2 Å². The van der Waals surface area contributed by atoms with Gasteiger partial charge in [-0.2, -0.15) is 0 Å². The van der Waals surface area contributed by atoms with Crippen LogP contribution in [0.5, 0.6) is 5.75 Å². The number of esters is 1. The monoisotopic (exact) mass is 348 g/mol. The van der Waals surface area contributed by atoms with Gasteiger partial charge in [0.25, 0.3) is 0 Å². The Hall–Kier alpha value is -2.72. The first-order valence-corrected chi connectivity index (χ1v) is 9.15. The number of aryl methyl sites for hydroxylation is 1. The standard InChI is InChI=1S/C21H16O3S/c1-15-12-13-19-18(14-15)21(20(22)24-19,16-8-4-2-5-9-16)25(23)17-10-6-3-7-11-17/h2-14H,1H3/t21-,25?/m0/s1. The fourth-order valence-electron chi connectivity index (χ4n) is 3.24. The summed E-state index contributed by atoms with van der Waals surface area (Å²) in [7, 11) is -1.64. The van der Waals surface area contributed by atoms with Gasteiger partial charge >= 0.3 is 5.97 Å². The van der Waals surface area contributed by atoms with E-state index in [1.165, 1.54) is 0 Å². The average molecular weight is 348 g/mol. The summed E-state index contributed by atoms with van der Waals surface area (Å²) in [5.74, 6) is -0.0229. The first kappa shape index (κ1) is 15.8. The van der Waals surface area contributed by atoms with Crippen LogP contribution in [0.1, 0.15) is 16.7 Å². The van der Waals surface area contributed by atoms with E-state index in [0.29, 0.717) is 21.8 Å². The largest absolute Gasteiger partial charge is 0.425 e. The van der Waals surface area contributed by atoms with Crippen molar-refractivity contribution < 1.29 is 13.7 Å². The van der Waals surface area contributed by atoms with Crippen LogP contribution in [0.4, 0.5) is 0 Å². The highest BCUT2D eigenvalue weighted by molar-refractivity contribution is 7.87. The zero-order valence-corrected chi connectivity index (χ0v) is 14.5. The molecule has 124 valence electrons. The average Bonchev–Trinajstić information content (AvgIpc) is 2.94. The lowest BCUT2D eigenvalue weighted by molar-refractivity contribution is -0.134. The molecule has 3 aromatic carbocycles. The van der Waals surface area contributed by atoms with Crippen LogP contribution in [0.3, 0.4) is 0 Å².